The fourth-order valence-corrected chi connectivity index (χ4v) is 2.37. The lowest BCUT2D eigenvalue weighted by Crippen LogP contribution is -2.19. The molecule has 0 atom stereocenters. The molecule has 2 aromatic rings. The number of anilines is 2. The van der Waals surface area contributed by atoms with Crippen LogP contribution in [0.2, 0.25) is 0 Å². The molecular formula is C15H15BrN2OS. The monoisotopic (exact) mass is 350 g/mol. The van der Waals surface area contributed by atoms with Crippen LogP contribution in [-0.4, -0.2) is 10.2 Å². The summed E-state index contributed by atoms with van der Waals surface area (Å²) in [5, 5.41) is 16.5. The van der Waals surface area contributed by atoms with Gasteiger partial charge in [-0.2, -0.15) is 0 Å². The number of hydrogen-bond donors (Lipinski definition) is 3. The number of aromatic hydroxyl groups is 1. The van der Waals surface area contributed by atoms with Crippen LogP contribution in [0, 0.1) is 13.8 Å². The van der Waals surface area contributed by atoms with E-state index in [4.69, 9.17) is 12.2 Å². The van der Waals surface area contributed by atoms with Crippen molar-refractivity contribution in [3.63, 3.8) is 0 Å². The standard InChI is InChI=1S/C15H15BrN2OS/c1-9-7-10(2)14(19)13(8-9)18-15(20)17-12-5-3-11(16)4-6-12/h3-8,19H,1-2H3,(H2,17,18,20). The van der Waals surface area contributed by atoms with Crippen molar-refractivity contribution in [3.05, 3.63) is 52.0 Å². The molecule has 0 aliphatic heterocycles. The number of benzene rings is 2. The van der Waals surface area contributed by atoms with Crippen molar-refractivity contribution in [1.29, 1.82) is 0 Å². The van der Waals surface area contributed by atoms with Crippen molar-refractivity contribution >= 4 is 44.6 Å². The van der Waals surface area contributed by atoms with E-state index in [1.54, 1.807) is 0 Å². The fraction of sp³-hybridized carbons (Fsp3) is 0.133. The summed E-state index contributed by atoms with van der Waals surface area (Å²) in [6.07, 6.45) is 0. The Hall–Kier alpha value is -1.59. The molecule has 5 heteroatoms. The Bertz CT molecular complexity index is 641. The first-order valence-electron chi connectivity index (χ1n) is 6.09. The van der Waals surface area contributed by atoms with Gasteiger partial charge in [-0.15, -0.1) is 0 Å². The molecule has 3 N–H and O–H groups in total. The molecule has 0 aliphatic carbocycles. The molecule has 3 nitrogen and oxygen atoms in total. The molecule has 104 valence electrons. The van der Waals surface area contributed by atoms with Crippen molar-refractivity contribution in [2.75, 3.05) is 10.6 Å². The smallest absolute Gasteiger partial charge is 0.175 e. The third-order valence-corrected chi connectivity index (χ3v) is 3.53. The van der Waals surface area contributed by atoms with Crippen LogP contribution in [0.4, 0.5) is 11.4 Å². The minimum Gasteiger partial charge on any atom is -0.505 e. The van der Waals surface area contributed by atoms with Gasteiger partial charge in [0.05, 0.1) is 5.69 Å². The van der Waals surface area contributed by atoms with E-state index >= 15 is 0 Å². The lowest BCUT2D eigenvalue weighted by Gasteiger charge is -2.13. The first-order valence-corrected chi connectivity index (χ1v) is 7.29. The number of rotatable bonds is 2. The van der Waals surface area contributed by atoms with Crippen LogP contribution in [0.25, 0.3) is 0 Å². The molecule has 0 radical (unpaired) electrons. The van der Waals surface area contributed by atoms with E-state index in [1.165, 1.54) is 0 Å². The predicted octanol–water partition coefficient (Wildman–Crippen LogP) is 4.58. The largest absolute Gasteiger partial charge is 0.505 e. The van der Waals surface area contributed by atoms with E-state index in [2.05, 4.69) is 26.6 Å². The first kappa shape index (κ1) is 14.8. The lowest BCUT2D eigenvalue weighted by molar-refractivity contribution is 0.473. The molecule has 2 aromatic carbocycles. The van der Waals surface area contributed by atoms with Crippen molar-refractivity contribution in [2.24, 2.45) is 0 Å². The molecule has 0 aromatic heterocycles. The Kier molecular flexibility index (Phi) is 4.62. The van der Waals surface area contributed by atoms with Gasteiger partial charge in [0, 0.05) is 10.2 Å². The highest BCUT2D eigenvalue weighted by atomic mass is 79.9. The molecule has 2 rings (SSSR count). The molecular weight excluding hydrogens is 336 g/mol. The quantitative estimate of drug-likeness (QED) is 0.547. The van der Waals surface area contributed by atoms with Crippen molar-refractivity contribution in [2.45, 2.75) is 13.8 Å². The minimum atomic E-state index is 0.218. The van der Waals surface area contributed by atoms with E-state index in [9.17, 15) is 5.11 Å². The Labute approximate surface area is 132 Å². The first-order chi connectivity index (χ1) is 9.45. The zero-order chi connectivity index (χ0) is 14.7. The highest BCUT2D eigenvalue weighted by Crippen LogP contribution is 2.28. The third-order valence-electron chi connectivity index (χ3n) is 2.80. The van der Waals surface area contributed by atoms with Gasteiger partial charge in [-0.3, -0.25) is 0 Å². The summed E-state index contributed by atoms with van der Waals surface area (Å²) < 4.78 is 1.01. The average Bonchev–Trinajstić information content (AvgIpc) is 2.38. The van der Waals surface area contributed by atoms with E-state index in [1.807, 2.05) is 50.2 Å². The normalized spacial score (nSPS) is 10.2. The molecule has 0 bridgehead atoms. The summed E-state index contributed by atoms with van der Waals surface area (Å²) in [4.78, 5) is 0. The topological polar surface area (TPSA) is 44.3 Å². The van der Waals surface area contributed by atoms with Crippen LogP contribution in [0.1, 0.15) is 11.1 Å². The zero-order valence-corrected chi connectivity index (χ0v) is 13.6. The van der Waals surface area contributed by atoms with Crippen LogP contribution in [-0.2, 0) is 0 Å². The van der Waals surface area contributed by atoms with Gasteiger partial charge >= 0.3 is 0 Å². The summed E-state index contributed by atoms with van der Waals surface area (Å²) in [6, 6.07) is 11.5. The highest BCUT2D eigenvalue weighted by Gasteiger charge is 2.07. The average molecular weight is 351 g/mol. The van der Waals surface area contributed by atoms with E-state index in [0.717, 1.165) is 21.3 Å². The summed E-state index contributed by atoms with van der Waals surface area (Å²) in [5.41, 5.74) is 3.37. The Morgan fingerprint density at radius 2 is 1.75 bits per heavy atom. The van der Waals surface area contributed by atoms with E-state index in [-0.39, 0.29) is 5.75 Å². The van der Waals surface area contributed by atoms with E-state index in [0.29, 0.717) is 10.8 Å². The summed E-state index contributed by atoms with van der Waals surface area (Å²) >= 11 is 8.63. The van der Waals surface area contributed by atoms with Crippen molar-refractivity contribution in [1.82, 2.24) is 0 Å². The summed E-state index contributed by atoms with van der Waals surface area (Å²) in [7, 11) is 0. The SMILES string of the molecule is Cc1cc(C)c(O)c(NC(=S)Nc2ccc(Br)cc2)c1. The Morgan fingerprint density at radius 3 is 2.40 bits per heavy atom. The maximum atomic E-state index is 10.0. The summed E-state index contributed by atoms with van der Waals surface area (Å²) in [5.74, 6) is 0.218. The number of hydrogen-bond acceptors (Lipinski definition) is 2. The second-order valence-electron chi connectivity index (χ2n) is 4.56. The highest BCUT2D eigenvalue weighted by molar-refractivity contribution is 9.10. The van der Waals surface area contributed by atoms with Gasteiger partial charge in [0.15, 0.2) is 5.11 Å². The zero-order valence-electron chi connectivity index (χ0n) is 11.2. The van der Waals surface area contributed by atoms with Crippen molar-refractivity contribution in [3.8, 4) is 5.75 Å². The molecule has 20 heavy (non-hydrogen) atoms. The maximum Gasteiger partial charge on any atom is 0.175 e. The molecule has 0 heterocycles. The predicted molar refractivity (Wildman–Crippen MR) is 91.6 cm³/mol. The van der Waals surface area contributed by atoms with Gasteiger partial charge in [0.2, 0.25) is 0 Å². The third kappa shape index (κ3) is 3.71. The van der Waals surface area contributed by atoms with Gasteiger partial charge in [-0.05, 0) is 67.5 Å². The van der Waals surface area contributed by atoms with Crippen LogP contribution >= 0.6 is 28.1 Å². The van der Waals surface area contributed by atoms with Gasteiger partial charge in [0.1, 0.15) is 5.75 Å². The molecule has 0 amide bonds. The fourth-order valence-electron chi connectivity index (χ4n) is 1.87. The molecule has 0 saturated heterocycles. The molecule has 0 spiro atoms. The molecule has 0 saturated carbocycles. The Morgan fingerprint density at radius 1 is 1.10 bits per heavy atom. The van der Waals surface area contributed by atoms with Gasteiger partial charge in [0.25, 0.3) is 0 Å². The van der Waals surface area contributed by atoms with E-state index < -0.39 is 0 Å². The molecule has 0 unspecified atom stereocenters. The summed E-state index contributed by atoms with van der Waals surface area (Å²) in [6.45, 7) is 3.83. The van der Waals surface area contributed by atoms with Gasteiger partial charge in [-0.1, -0.05) is 22.0 Å². The second-order valence-corrected chi connectivity index (χ2v) is 5.89. The van der Waals surface area contributed by atoms with Crippen molar-refractivity contribution < 1.29 is 5.11 Å². The molecule has 0 aliphatic rings. The number of nitrogens with one attached hydrogen (secondary N) is 2. The van der Waals surface area contributed by atoms with Crippen LogP contribution < -0.4 is 10.6 Å². The van der Waals surface area contributed by atoms with Crippen LogP contribution in [0.3, 0.4) is 0 Å². The minimum absolute atomic E-state index is 0.218. The molecule has 0 fully saturated rings. The number of phenolic OH excluding ortho intramolecular Hbond substituents is 1. The van der Waals surface area contributed by atoms with Crippen LogP contribution in [0.15, 0.2) is 40.9 Å². The van der Waals surface area contributed by atoms with Gasteiger partial charge < -0.3 is 15.7 Å². The number of halogens is 1. The number of thiocarbonyl (C=S) groups is 1. The Balaban J connectivity index is 2.10. The number of phenols is 1. The maximum absolute atomic E-state index is 10.0. The van der Waals surface area contributed by atoms with Crippen LogP contribution in [0.5, 0.6) is 5.75 Å². The van der Waals surface area contributed by atoms with Gasteiger partial charge in [-0.25, -0.2) is 0 Å². The second kappa shape index (κ2) is 6.24. The lowest BCUT2D eigenvalue weighted by atomic mass is 10.1. The number of aryl methyl sites for hydroxylation is 2.